The predicted molar refractivity (Wildman–Crippen MR) is 105 cm³/mol. The lowest BCUT2D eigenvalue weighted by molar-refractivity contribution is 0.0657. The van der Waals surface area contributed by atoms with E-state index < -0.39 is 21.7 Å². The summed E-state index contributed by atoms with van der Waals surface area (Å²) in [4.78, 5) is 11.2. The molecule has 2 aromatic carbocycles. The summed E-state index contributed by atoms with van der Waals surface area (Å²) in [5.41, 5.74) is -0.0332. The number of methoxy groups -OCH3 is 2. The van der Waals surface area contributed by atoms with Crippen LogP contribution in [0.1, 0.15) is 12.5 Å². The van der Waals surface area contributed by atoms with E-state index in [0.717, 1.165) is 5.56 Å². The fraction of sp³-hybridized carbons (Fsp3) is 0.316. The topological polar surface area (TPSA) is 114 Å². The van der Waals surface area contributed by atoms with Crippen molar-refractivity contribution < 1.29 is 27.8 Å². The normalized spacial score (nSPS) is 13.4. The van der Waals surface area contributed by atoms with Gasteiger partial charge in [-0.25, -0.2) is 17.9 Å². The van der Waals surface area contributed by atoms with E-state index in [1.165, 1.54) is 31.4 Å². The Hall–Kier alpha value is -2.62. The molecule has 1 atom stereocenters. The van der Waals surface area contributed by atoms with Crippen molar-refractivity contribution in [3.05, 3.63) is 54.1 Å². The van der Waals surface area contributed by atoms with Crippen LogP contribution in [0.5, 0.6) is 5.75 Å². The van der Waals surface area contributed by atoms with Crippen LogP contribution in [0.2, 0.25) is 0 Å². The first-order chi connectivity index (χ1) is 13.1. The molecule has 0 aliphatic carbocycles. The number of anilines is 1. The molecule has 9 heteroatoms. The minimum Gasteiger partial charge on any atom is -0.497 e. The van der Waals surface area contributed by atoms with Crippen molar-refractivity contribution >= 4 is 21.8 Å². The van der Waals surface area contributed by atoms with Crippen molar-refractivity contribution in [2.45, 2.75) is 23.8 Å². The molecule has 0 radical (unpaired) electrons. The number of carbonyl (C=O) groups excluding carboxylic acids is 1. The minimum absolute atomic E-state index is 0.0168. The molecule has 0 aliphatic heterocycles. The first-order valence-electron chi connectivity index (χ1n) is 8.45. The highest BCUT2D eigenvalue weighted by Gasteiger charge is 2.25. The highest BCUT2D eigenvalue weighted by molar-refractivity contribution is 7.89. The van der Waals surface area contributed by atoms with Gasteiger partial charge < -0.3 is 14.6 Å². The molecule has 28 heavy (non-hydrogen) atoms. The zero-order valence-corrected chi connectivity index (χ0v) is 16.7. The summed E-state index contributed by atoms with van der Waals surface area (Å²) in [6, 6.07) is 12.8. The molecule has 1 amide bonds. The van der Waals surface area contributed by atoms with Gasteiger partial charge in [0.05, 0.1) is 24.7 Å². The first kappa shape index (κ1) is 21.7. The van der Waals surface area contributed by atoms with Crippen LogP contribution in [-0.4, -0.2) is 46.0 Å². The zero-order chi connectivity index (χ0) is 20.8. The monoisotopic (exact) mass is 408 g/mol. The Labute approximate surface area is 164 Å². The summed E-state index contributed by atoms with van der Waals surface area (Å²) in [6.45, 7) is 1.40. The van der Waals surface area contributed by atoms with Crippen molar-refractivity contribution in [1.82, 2.24) is 4.72 Å². The highest BCUT2D eigenvalue weighted by atomic mass is 32.2. The Balaban J connectivity index is 1.99. The van der Waals surface area contributed by atoms with Gasteiger partial charge >= 0.3 is 6.09 Å². The maximum Gasteiger partial charge on any atom is 0.411 e. The SMILES string of the molecule is COC(=O)Nc1ccc(S(=O)(=O)NC[C@](C)(O)Cc2ccc(OC)cc2)cc1. The molecule has 152 valence electrons. The molecule has 8 nitrogen and oxygen atoms in total. The van der Waals surface area contributed by atoms with Crippen molar-refractivity contribution in [3.8, 4) is 5.75 Å². The second-order valence-corrected chi connectivity index (χ2v) is 8.25. The molecule has 0 aromatic heterocycles. The molecule has 3 N–H and O–H groups in total. The van der Waals surface area contributed by atoms with Crippen molar-refractivity contribution in [1.29, 1.82) is 0 Å². The zero-order valence-electron chi connectivity index (χ0n) is 15.9. The number of hydrogen-bond donors (Lipinski definition) is 3. The van der Waals surface area contributed by atoms with Crippen LogP contribution in [0.3, 0.4) is 0 Å². The number of ether oxygens (including phenoxy) is 2. The van der Waals surface area contributed by atoms with E-state index in [0.29, 0.717) is 11.4 Å². The van der Waals surface area contributed by atoms with Gasteiger partial charge in [-0.1, -0.05) is 12.1 Å². The van der Waals surface area contributed by atoms with E-state index in [1.54, 1.807) is 26.2 Å². The lowest BCUT2D eigenvalue weighted by Gasteiger charge is -2.24. The number of hydrogen-bond acceptors (Lipinski definition) is 6. The number of benzene rings is 2. The molecular weight excluding hydrogens is 384 g/mol. The molecule has 0 spiro atoms. The average Bonchev–Trinajstić information content (AvgIpc) is 2.67. The second-order valence-electron chi connectivity index (χ2n) is 6.49. The minimum atomic E-state index is -3.82. The first-order valence-corrected chi connectivity index (χ1v) is 9.93. The standard InChI is InChI=1S/C19H24N2O6S/c1-19(23,12-14-4-8-16(26-2)9-5-14)13-20-28(24,25)17-10-6-15(7-11-17)21-18(22)27-3/h4-11,20,23H,12-13H2,1-3H3,(H,21,22)/t19-/m1/s1. The molecule has 0 unspecified atom stereocenters. The van der Waals surface area contributed by atoms with Gasteiger partial charge in [0.2, 0.25) is 10.0 Å². The highest BCUT2D eigenvalue weighted by Crippen LogP contribution is 2.18. The van der Waals surface area contributed by atoms with Gasteiger partial charge in [-0.3, -0.25) is 5.32 Å². The summed E-state index contributed by atoms with van der Waals surface area (Å²) in [7, 11) is -1.02. The molecule has 2 rings (SSSR count). The van der Waals surface area contributed by atoms with Gasteiger partial charge in [0.25, 0.3) is 0 Å². The molecule has 0 heterocycles. The summed E-state index contributed by atoms with van der Waals surface area (Å²) in [5, 5.41) is 13.0. The van der Waals surface area contributed by atoms with Gasteiger partial charge in [-0.15, -0.1) is 0 Å². The number of sulfonamides is 1. The summed E-state index contributed by atoms with van der Waals surface area (Å²) < 4.78 is 36.9. The van der Waals surface area contributed by atoms with Crippen LogP contribution in [0.15, 0.2) is 53.4 Å². The summed E-state index contributed by atoms with van der Waals surface area (Å²) in [5.74, 6) is 0.703. The van der Waals surface area contributed by atoms with Gasteiger partial charge in [0.15, 0.2) is 0 Å². The molecular formula is C19H24N2O6S. The summed E-state index contributed by atoms with van der Waals surface area (Å²) >= 11 is 0. The lowest BCUT2D eigenvalue weighted by Crippen LogP contribution is -2.42. The van der Waals surface area contributed by atoms with Crippen molar-refractivity contribution in [2.75, 3.05) is 26.1 Å². The van der Waals surface area contributed by atoms with Crippen LogP contribution in [0.25, 0.3) is 0 Å². The molecule has 0 saturated heterocycles. The third-order valence-electron chi connectivity index (χ3n) is 3.98. The van der Waals surface area contributed by atoms with Gasteiger partial charge in [-0.05, 0) is 48.9 Å². The van der Waals surface area contributed by atoms with E-state index >= 15 is 0 Å². The fourth-order valence-corrected chi connectivity index (χ4v) is 3.63. The van der Waals surface area contributed by atoms with Crippen LogP contribution >= 0.6 is 0 Å². The maximum absolute atomic E-state index is 12.5. The van der Waals surface area contributed by atoms with Crippen LogP contribution in [0, 0.1) is 0 Å². The number of aliphatic hydroxyl groups is 1. The molecule has 0 bridgehead atoms. The maximum atomic E-state index is 12.5. The van der Waals surface area contributed by atoms with Crippen LogP contribution in [0.4, 0.5) is 10.5 Å². The third-order valence-corrected chi connectivity index (χ3v) is 5.40. The lowest BCUT2D eigenvalue weighted by atomic mass is 9.97. The average molecular weight is 408 g/mol. The molecule has 0 saturated carbocycles. The largest absolute Gasteiger partial charge is 0.497 e. The Morgan fingerprint density at radius 1 is 1.07 bits per heavy atom. The fourth-order valence-electron chi connectivity index (χ4n) is 2.47. The van der Waals surface area contributed by atoms with E-state index in [9.17, 15) is 18.3 Å². The Morgan fingerprint density at radius 2 is 1.68 bits per heavy atom. The van der Waals surface area contributed by atoms with Crippen LogP contribution in [-0.2, 0) is 21.2 Å². The smallest absolute Gasteiger partial charge is 0.411 e. The molecule has 2 aromatic rings. The molecule has 0 fully saturated rings. The van der Waals surface area contributed by atoms with Gasteiger partial charge in [0.1, 0.15) is 5.75 Å². The summed E-state index contributed by atoms with van der Waals surface area (Å²) in [6.07, 6.45) is -0.384. The van der Waals surface area contributed by atoms with Crippen molar-refractivity contribution in [2.24, 2.45) is 0 Å². The van der Waals surface area contributed by atoms with Gasteiger partial charge in [0, 0.05) is 18.7 Å². The molecule has 0 aliphatic rings. The Morgan fingerprint density at radius 3 is 2.21 bits per heavy atom. The quantitative estimate of drug-likeness (QED) is 0.617. The number of amides is 1. The van der Waals surface area contributed by atoms with E-state index in [-0.39, 0.29) is 17.9 Å². The number of nitrogens with one attached hydrogen (secondary N) is 2. The van der Waals surface area contributed by atoms with Crippen molar-refractivity contribution in [3.63, 3.8) is 0 Å². The van der Waals surface area contributed by atoms with Gasteiger partial charge in [-0.2, -0.15) is 0 Å². The van der Waals surface area contributed by atoms with E-state index in [4.69, 9.17) is 4.74 Å². The number of carbonyl (C=O) groups is 1. The predicted octanol–water partition coefficient (Wildman–Crippen LogP) is 2.15. The van der Waals surface area contributed by atoms with E-state index in [1.807, 2.05) is 12.1 Å². The Bertz CT molecular complexity index is 893. The van der Waals surface area contributed by atoms with Crippen LogP contribution < -0.4 is 14.8 Å². The second kappa shape index (κ2) is 9.05. The number of rotatable bonds is 8. The third kappa shape index (κ3) is 6.22. The van der Waals surface area contributed by atoms with E-state index in [2.05, 4.69) is 14.8 Å². The Kier molecular flexibility index (Phi) is 7.00.